The number of unbranched alkanes of at least 4 members (excludes halogenated alkanes) is 2. The molecule has 0 amide bonds. The molecule has 0 aliphatic carbocycles. The van der Waals surface area contributed by atoms with E-state index in [4.69, 9.17) is 0 Å². The van der Waals surface area contributed by atoms with Gasteiger partial charge in [0, 0.05) is 34.5 Å². The maximum atomic E-state index is 12.9. The van der Waals surface area contributed by atoms with Crippen molar-refractivity contribution in [1.29, 1.82) is 0 Å². The van der Waals surface area contributed by atoms with Crippen LogP contribution in [0.2, 0.25) is 0 Å². The Hall–Kier alpha value is -4.36. The third kappa shape index (κ3) is 6.82. The van der Waals surface area contributed by atoms with E-state index >= 15 is 0 Å². The monoisotopic (exact) mass is 777 g/mol. The second kappa shape index (κ2) is 13.2. The molecule has 278 valence electrons. The molecule has 0 radical (unpaired) electrons. The van der Waals surface area contributed by atoms with Gasteiger partial charge in [0.1, 0.15) is 11.4 Å². The molecule has 2 aliphatic heterocycles. The molecule has 4 aromatic rings. The van der Waals surface area contributed by atoms with Gasteiger partial charge in [-0.05, 0) is 100 Å². The molecule has 2 aliphatic rings. The van der Waals surface area contributed by atoms with E-state index in [1.165, 1.54) is 35.9 Å². The number of anilines is 2. The highest BCUT2D eigenvalue weighted by molar-refractivity contribution is 7.86. The van der Waals surface area contributed by atoms with Gasteiger partial charge in [-0.1, -0.05) is 42.8 Å². The van der Waals surface area contributed by atoms with Crippen LogP contribution in [0.25, 0.3) is 10.8 Å². The second-order valence-electron chi connectivity index (χ2n) is 14.5. The average molecular weight is 778 g/mol. The molecule has 6 rings (SSSR count). The highest BCUT2D eigenvalue weighted by atomic mass is 32.2. The number of nitrogens with zero attached hydrogens (tertiary/aromatic N) is 2. The van der Waals surface area contributed by atoms with Crippen molar-refractivity contribution in [3.8, 4) is 0 Å². The molecule has 0 atom stereocenters. The van der Waals surface area contributed by atoms with E-state index < -0.39 is 55.9 Å². The molecule has 0 saturated carbocycles. The van der Waals surface area contributed by atoms with Gasteiger partial charge in [-0.2, -0.15) is 29.8 Å². The van der Waals surface area contributed by atoms with Crippen LogP contribution in [0.4, 0.5) is 17.1 Å². The molecular weight excluding hydrogens is 737 g/mol. The van der Waals surface area contributed by atoms with Crippen molar-refractivity contribution in [2.75, 3.05) is 11.4 Å². The third-order valence-electron chi connectivity index (χ3n) is 10.1. The Bertz CT molecular complexity index is 2700. The van der Waals surface area contributed by atoms with Gasteiger partial charge in [0.2, 0.25) is 11.4 Å². The summed E-state index contributed by atoms with van der Waals surface area (Å²) in [5.74, 6) is 0. The molecule has 0 fully saturated rings. The number of fused-ring (bicyclic) bond motifs is 4. The zero-order chi connectivity index (χ0) is 38.9. The lowest BCUT2D eigenvalue weighted by Crippen LogP contribution is -2.27. The quantitative estimate of drug-likeness (QED) is 0.0660. The molecule has 0 aromatic heterocycles. The number of allylic oxidation sites excluding steroid dienone is 2. The zero-order valence-electron chi connectivity index (χ0n) is 30.2. The zero-order valence-corrected chi connectivity index (χ0v) is 32.6. The van der Waals surface area contributed by atoms with Crippen molar-refractivity contribution < 1.29 is 43.5 Å². The summed E-state index contributed by atoms with van der Waals surface area (Å²) in [6.07, 6.45) is 4.97. The topological polar surface area (TPSA) is 169 Å². The summed E-state index contributed by atoms with van der Waals surface area (Å²) < 4.78 is 107. The van der Waals surface area contributed by atoms with E-state index in [0.717, 1.165) is 54.9 Å². The van der Waals surface area contributed by atoms with Gasteiger partial charge in [0.05, 0.1) is 32.7 Å². The van der Waals surface area contributed by atoms with E-state index in [9.17, 15) is 38.9 Å². The van der Waals surface area contributed by atoms with Crippen LogP contribution in [0.15, 0.2) is 105 Å². The predicted octanol–water partition coefficient (Wildman–Crippen LogP) is 7.78. The molecule has 0 bridgehead atoms. The minimum absolute atomic E-state index is 0.152. The number of benzene rings is 4. The lowest BCUT2D eigenvalue weighted by Gasteiger charge is -2.25. The average Bonchev–Trinajstić information content (AvgIpc) is 3.41. The van der Waals surface area contributed by atoms with Crippen molar-refractivity contribution in [3.05, 3.63) is 107 Å². The molecular formula is C39H41N2O9S3+. The summed E-state index contributed by atoms with van der Waals surface area (Å²) in [7, 11) is -14.4. The third-order valence-corrected chi connectivity index (χ3v) is 12.7. The number of rotatable bonds is 9. The molecule has 2 heterocycles. The Labute approximate surface area is 310 Å². The van der Waals surface area contributed by atoms with Crippen LogP contribution in [0.5, 0.6) is 0 Å². The van der Waals surface area contributed by atoms with Gasteiger partial charge in [0.15, 0.2) is 0 Å². The molecule has 4 aromatic carbocycles. The predicted molar refractivity (Wildman–Crippen MR) is 204 cm³/mol. The fourth-order valence-electron chi connectivity index (χ4n) is 7.53. The summed E-state index contributed by atoms with van der Waals surface area (Å²) in [6, 6.07) is 16.5. The van der Waals surface area contributed by atoms with Crippen LogP contribution in [0, 0.1) is 6.92 Å². The van der Waals surface area contributed by atoms with E-state index in [1.54, 1.807) is 11.0 Å². The Morgan fingerprint density at radius 3 is 2.09 bits per heavy atom. The summed E-state index contributed by atoms with van der Waals surface area (Å²) in [4.78, 5) is -0.0362. The van der Waals surface area contributed by atoms with Gasteiger partial charge in [-0.25, -0.2) is 0 Å². The maximum Gasteiger partial charge on any atom is 0.295 e. The molecule has 53 heavy (non-hydrogen) atoms. The molecule has 14 heteroatoms. The largest absolute Gasteiger partial charge is 0.305 e. The molecule has 3 N–H and O–H groups in total. The Morgan fingerprint density at radius 2 is 1.45 bits per heavy atom. The van der Waals surface area contributed by atoms with Gasteiger partial charge < -0.3 is 4.90 Å². The van der Waals surface area contributed by atoms with E-state index in [0.29, 0.717) is 11.3 Å². The number of aryl methyl sites for hydroxylation is 1. The van der Waals surface area contributed by atoms with Crippen LogP contribution in [-0.4, -0.2) is 55.7 Å². The Balaban J connectivity index is 1.69. The fourth-order valence-corrected chi connectivity index (χ4v) is 9.26. The highest BCUT2D eigenvalue weighted by Gasteiger charge is 2.46. The van der Waals surface area contributed by atoms with E-state index in [2.05, 4.69) is 61.9 Å². The molecule has 0 spiro atoms. The SMILES string of the molecule is CCCCC[N+]1=C(C=C=C=C2N(c3cccc(S(=O)(=O)O)c3)c3cc(S(=O)(=O)O)c4cc(S(=O)(=O)O)ccc4c3C2(C)C)C(C)(C)c2cc(C)ccc21. The van der Waals surface area contributed by atoms with Crippen molar-refractivity contribution in [2.45, 2.75) is 86.3 Å². The first-order valence-electron chi connectivity index (χ1n) is 17.0. The lowest BCUT2D eigenvalue weighted by molar-refractivity contribution is -0.438. The van der Waals surface area contributed by atoms with Crippen molar-refractivity contribution in [3.63, 3.8) is 0 Å². The normalized spacial score (nSPS) is 16.4. The van der Waals surface area contributed by atoms with Crippen LogP contribution in [0.1, 0.15) is 70.6 Å². The van der Waals surface area contributed by atoms with Crippen molar-refractivity contribution >= 4 is 63.9 Å². The highest BCUT2D eigenvalue weighted by Crippen LogP contribution is 2.55. The van der Waals surface area contributed by atoms with Gasteiger partial charge in [0.25, 0.3) is 30.4 Å². The summed E-state index contributed by atoms with van der Waals surface area (Å²) in [5.41, 5.74) is 10.9. The van der Waals surface area contributed by atoms with Crippen LogP contribution in [-0.2, 0) is 41.2 Å². The number of hydrogen-bond acceptors (Lipinski definition) is 7. The van der Waals surface area contributed by atoms with Gasteiger partial charge in [-0.15, -0.1) is 0 Å². The lowest BCUT2D eigenvalue weighted by atomic mass is 9.80. The summed E-state index contributed by atoms with van der Waals surface area (Å²) >= 11 is 0. The standard InChI is InChI=1S/C39H40N2O9S3/c1-7-8-9-20-40-32-19-16-25(2)21-31(32)38(3,4)35(40)14-11-15-36-39(5,6)37-29-18-17-28(52(45,46)47)23-30(29)34(53(48,49)50)24-33(37)41(36)26-12-10-13-27(22-26)51(42,43)44/h10,12-14,16-19,21-24H,7-9,20H2,1-6H3,(H2-,42,43,44,45,46,47,48,49,50)/p+1. The molecule has 0 unspecified atom stereocenters. The second-order valence-corrected chi connectivity index (χ2v) is 18.7. The first kappa shape index (κ1) is 38.4. The molecule has 0 saturated heterocycles. The first-order valence-corrected chi connectivity index (χ1v) is 21.3. The van der Waals surface area contributed by atoms with Crippen molar-refractivity contribution in [2.24, 2.45) is 0 Å². The Morgan fingerprint density at radius 1 is 0.774 bits per heavy atom. The van der Waals surface area contributed by atoms with E-state index in [-0.39, 0.29) is 22.1 Å². The summed E-state index contributed by atoms with van der Waals surface area (Å²) in [5, 5.41) is 0.101. The first-order chi connectivity index (χ1) is 24.6. The van der Waals surface area contributed by atoms with Crippen LogP contribution >= 0.6 is 0 Å². The fraction of sp³-hybridized carbons (Fsp3) is 0.308. The smallest absolute Gasteiger partial charge is 0.295 e. The Kier molecular flexibility index (Phi) is 9.55. The minimum atomic E-state index is -4.99. The minimum Gasteiger partial charge on any atom is -0.305 e. The maximum absolute atomic E-state index is 12.9. The van der Waals surface area contributed by atoms with E-state index in [1.807, 2.05) is 19.9 Å². The number of hydrogen-bond donors (Lipinski definition) is 3. The van der Waals surface area contributed by atoms with Gasteiger partial charge in [-0.3, -0.25) is 13.7 Å². The molecule has 11 nitrogen and oxygen atoms in total. The van der Waals surface area contributed by atoms with Crippen LogP contribution in [0.3, 0.4) is 0 Å². The van der Waals surface area contributed by atoms with Crippen LogP contribution < -0.4 is 4.90 Å². The van der Waals surface area contributed by atoms with Crippen molar-refractivity contribution in [1.82, 2.24) is 0 Å². The van der Waals surface area contributed by atoms with Gasteiger partial charge >= 0.3 is 0 Å². The summed E-state index contributed by atoms with van der Waals surface area (Å²) in [6.45, 7) is 13.0.